The van der Waals surface area contributed by atoms with Gasteiger partial charge in [0.05, 0.1) is 11.9 Å². The van der Waals surface area contributed by atoms with Crippen LogP contribution in [0.1, 0.15) is 5.56 Å². The Morgan fingerprint density at radius 3 is 3.00 bits per heavy atom. The molecule has 2 N–H and O–H groups in total. The van der Waals surface area contributed by atoms with Crippen LogP contribution in [-0.2, 0) is 0 Å². The largest absolute Gasteiger partial charge is 0.361 e. The zero-order chi connectivity index (χ0) is 16.4. The van der Waals surface area contributed by atoms with Crippen molar-refractivity contribution in [2.45, 2.75) is 0 Å². The van der Waals surface area contributed by atoms with E-state index in [-0.39, 0.29) is 0 Å². The third kappa shape index (κ3) is 3.11. The van der Waals surface area contributed by atoms with Gasteiger partial charge in [0.15, 0.2) is 0 Å². The monoisotopic (exact) mass is 396 g/mol. The number of thiazole rings is 1. The second-order valence-electron chi connectivity index (χ2n) is 5.21. The smallest absolute Gasteiger partial charge is 0.203 e. The van der Waals surface area contributed by atoms with Gasteiger partial charge < -0.3 is 4.98 Å². The fraction of sp³-hybridized carbons (Fsp3) is 0. The number of halogens is 1. The predicted octanol–water partition coefficient (Wildman–Crippen LogP) is 5.50. The molecule has 0 amide bonds. The van der Waals surface area contributed by atoms with Gasteiger partial charge in [0.1, 0.15) is 0 Å². The van der Waals surface area contributed by atoms with Crippen LogP contribution in [0.25, 0.3) is 22.2 Å². The first kappa shape index (κ1) is 15.1. The van der Waals surface area contributed by atoms with Gasteiger partial charge in [0, 0.05) is 38.1 Å². The summed E-state index contributed by atoms with van der Waals surface area (Å²) in [5.41, 5.74) is 7.16. The number of rotatable bonds is 4. The summed E-state index contributed by atoms with van der Waals surface area (Å²) in [5, 5.41) is 8.24. The van der Waals surface area contributed by atoms with Crippen molar-refractivity contribution in [3.8, 4) is 11.3 Å². The second kappa shape index (κ2) is 6.59. The molecule has 0 unspecified atom stereocenters. The van der Waals surface area contributed by atoms with Gasteiger partial charge >= 0.3 is 0 Å². The van der Waals surface area contributed by atoms with Crippen molar-refractivity contribution in [2.24, 2.45) is 5.10 Å². The molecule has 4 nitrogen and oxygen atoms in total. The Kier molecular flexibility index (Phi) is 4.15. The van der Waals surface area contributed by atoms with Crippen LogP contribution in [-0.4, -0.2) is 16.2 Å². The van der Waals surface area contributed by atoms with Crippen molar-refractivity contribution in [1.82, 2.24) is 9.97 Å². The Morgan fingerprint density at radius 2 is 2.08 bits per heavy atom. The van der Waals surface area contributed by atoms with Crippen LogP contribution in [0.3, 0.4) is 0 Å². The topological polar surface area (TPSA) is 53.1 Å². The van der Waals surface area contributed by atoms with E-state index in [1.807, 2.05) is 54.0 Å². The maximum absolute atomic E-state index is 4.57. The summed E-state index contributed by atoms with van der Waals surface area (Å²) in [6.45, 7) is 0. The van der Waals surface area contributed by atoms with E-state index in [0.29, 0.717) is 0 Å². The standard InChI is InChI=1S/C18H13BrN4S/c19-14-5-3-4-12(8-14)17-11-24-18(22-17)23-21-10-13-9-20-16-7-2-1-6-15(13)16/h1-11,20H,(H,22,23)/b21-10+. The van der Waals surface area contributed by atoms with Gasteiger partial charge in [-0.2, -0.15) is 5.10 Å². The minimum atomic E-state index is 0.765. The molecule has 0 bridgehead atoms. The van der Waals surface area contributed by atoms with E-state index in [1.165, 1.54) is 11.3 Å². The lowest BCUT2D eigenvalue weighted by Gasteiger charge is -1.97. The number of hydrogen-bond acceptors (Lipinski definition) is 4. The number of para-hydroxylation sites is 1. The van der Waals surface area contributed by atoms with Crippen LogP contribution >= 0.6 is 27.3 Å². The van der Waals surface area contributed by atoms with Gasteiger partial charge in [-0.05, 0) is 18.2 Å². The molecule has 118 valence electrons. The van der Waals surface area contributed by atoms with Gasteiger partial charge in [-0.15, -0.1) is 11.3 Å². The van der Waals surface area contributed by atoms with E-state index in [1.54, 1.807) is 6.21 Å². The molecular weight excluding hydrogens is 384 g/mol. The summed E-state index contributed by atoms with van der Waals surface area (Å²) in [5.74, 6) is 0. The minimum Gasteiger partial charge on any atom is -0.361 e. The zero-order valence-electron chi connectivity index (χ0n) is 12.5. The highest BCUT2D eigenvalue weighted by Crippen LogP contribution is 2.26. The molecule has 0 atom stereocenters. The molecule has 0 spiro atoms. The normalized spacial score (nSPS) is 11.4. The summed E-state index contributed by atoms with van der Waals surface area (Å²) in [6, 6.07) is 16.2. The first-order chi connectivity index (χ1) is 11.8. The molecule has 2 aromatic carbocycles. The summed E-state index contributed by atoms with van der Waals surface area (Å²) < 4.78 is 1.04. The van der Waals surface area contributed by atoms with Crippen molar-refractivity contribution >= 4 is 49.5 Å². The Balaban J connectivity index is 1.50. The SMILES string of the molecule is Brc1cccc(-c2csc(N/N=C/c3c[nH]c4ccccc34)n2)c1. The van der Waals surface area contributed by atoms with E-state index in [0.717, 1.165) is 37.3 Å². The average molecular weight is 397 g/mol. The van der Waals surface area contributed by atoms with E-state index in [9.17, 15) is 0 Å². The van der Waals surface area contributed by atoms with Crippen molar-refractivity contribution in [2.75, 3.05) is 5.43 Å². The summed E-state index contributed by atoms with van der Waals surface area (Å²) in [4.78, 5) is 7.80. The lowest BCUT2D eigenvalue weighted by molar-refractivity contribution is 1.29. The Labute approximate surface area is 151 Å². The molecule has 0 aliphatic rings. The van der Waals surface area contributed by atoms with Crippen LogP contribution in [0, 0.1) is 0 Å². The number of hydrogen-bond donors (Lipinski definition) is 2. The molecule has 0 aliphatic carbocycles. The molecular formula is C18H13BrN4S. The molecule has 0 saturated carbocycles. The number of benzene rings is 2. The molecule has 4 aromatic rings. The van der Waals surface area contributed by atoms with E-state index in [2.05, 4.69) is 42.5 Å². The van der Waals surface area contributed by atoms with Crippen molar-refractivity contribution < 1.29 is 0 Å². The van der Waals surface area contributed by atoms with Crippen LogP contribution in [0.15, 0.2) is 69.7 Å². The molecule has 6 heteroatoms. The first-order valence-corrected chi connectivity index (χ1v) is 9.03. The van der Waals surface area contributed by atoms with Gasteiger partial charge in [-0.1, -0.05) is 46.3 Å². The third-order valence-electron chi connectivity index (χ3n) is 3.61. The Bertz CT molecular complexity index is 1020. The number of anilines is 1. The molecule has 0 aliphatic heterocycles. The van der Waals surface area contributed by atoms with Crippen molar-refractivity contribution in [1.29, 1.82) is 0 Å². The van der Waals surface area contributed by atoms with Crippen LogP contribution in [0.4, 0.5) is 5.13 Å². The molecule has 0 saturated heterocycles. The maximum atomic E-state index is 4.57. The van der Waals surface area contributed by atoms with E-state index in [4.69, 9.17) is 0 Å². The number of fused-ring (bicyclic) bond motifs is 1. The van der Waals surface area contributed by atoms with E-state index >= 15 is 0 Å². The summed E-state index contributed by atoms with van der Waals surface area (Å²) in [6.07, 6.45) is 3.75. The number of nitrogens with zero attached hydrogens (tertiary/aromatic N) is 2. The van der Waals surface area contributed by atoms with Gasteiger partial charge in [-0.3, -0.25) is 5.43 Å². The summed E-state index contributed by atoms with van der Waals surface area (Å²) >= 11 is 5.02. The minimum absolute atomic E-state index is 0.765. The molecule has 2 heterocycles. The zero-order valence-corrected chi connectivity index (χ0v) is 14.9. The highest BCUT2D eigenvalue weighted by Gasteiger charge is 2.04. The molecule has 4 rings (SSSR count). The number of nitrogens with one attached hydrogen (secondary N) is 2. The third-order valence-corrected chi connectivity index (χ3v) is 4.85. The average Bonchev–Trinajstić information content (AvgIpc) is 3.23. The van der Waals surface area contributed by atoms with Crippen LogP contribution in [0.5, 0.6) is 0 Å². The quantitative estimate of drug-likeness (QED) is 0.353. The van der Waals surface area contributed by atoms with Crippen molar-refractivity contribution in [3.05, 3.63) is 70.1 Å². The van der Waals surface area contributed by atoms with Crippen LogP contribution in [0.2, 0.25) is 0 Å². The fourth-order valence-corrected chi connectivity index (χ4v) is 3.53. The molecule has 0 radical (unpaired) electrons. The number of aromatic nitrogens is 2. The lowest BCUT2D eigenvalue weighted by atomic mass is 10.2. The number of H-pyrrole nitrogens is 1. The molecule has 2 aromatic heterocycles. The predicted molar refractivity (Wildman–Crippen MR) is 105 cm³/mol. The molecule has 0 fully saturated rings. The summed E-state index contributed by atoms with van der Waals surface area (Å²) in [7, 11) is 0. The maximum Gasteiger partial charge on any atom is 0.203 e. The first-order valence-electron chi connectivity index (χ1n) is 7.36. The fourth-order valence-electron chi connectivity index (χ4n) is 2.46. The lowest BCUT2D eigenvalue weighted by Crippen LogP contribution is -1.89. The van der Waals surface area contributed by atoms with Gasteiger partial charge in [0.25, 0.3) is 0 Å². The Morgan fingerprint density at radius 1 is 1.17 bits per heavy atom. The number of aromatic amines is 1. The van der Waals surface area contributed by atoms with Crippen molar-refractivity contribution in [3.63, 3.8) is 0 Å². The second-order valence-corrected chi connectivity index (χ2v) is 6.98. The highest BCUT2D eigenvalue weighted by molar-refractivity contribution is 9.10. The van der Waals surface area contributed by atoms with E-state index < -0.39 is 0 Å². The van der Waals surface area contributed by atoms with Gasteiger partial charge in [0.2, 0.25) is 5.13 Å². The van der Waals surface area contributed by atoms with Crippen LogP contribution < -0.4 is 5.43 Å². The van der Waals surface area contributed by atoms with Gasteiger partial charge in [-0.25, -0.2) is 4.98 Å². The highest BCUT2D eigenvalue weighted by atomic mass is 79.9. The molecule has 24 heavy (non-hydrogen) atoms. The number of hydrazone groups is 1. The Hall–Kier alpha value is -2.44.